The Morgan fingerprint density at radius 3 is 2.39 bits per heavy atom. The summed E-state index contributed by atoms with van der Waals surface area (Å²) in [6, 6.07) is 14.0. The maximum Gasteiger partial charge on any atom is 0.326 e. The lowest BCUT2D eigenvalue weighted by atomic mass is 10.1. The number of nitrogens with two attached hydrogens (primary N) is 2. The molecule has 0 saturated carbocycles. The van der Waals surface area contributed by atoms with Crippen LogP contribution in [0.1, 0.15) is 15.9 Å². The first-order valence-corrected chi connectivity index (χ1v) is 8.39. The molecule has 146 valence electrons. The third-order valence-electron chi connectivity index (χ3n) is 3.69. The van der Waals surface area contributed by atoms with Gasteiger partial charge in [-0.1, -0.05) is 36.4 Å². The summed E-state index contributed by atoms with van der Waals surface area (Å²) in [4.78, 5) is 39.5. The number of nitrogens with zero attached hydrogens (tertiary/aromatic N) is 1. The molecule has 0 fully saturated rings. The SMILES string of the molecule is NC(N)=Nc1cccc(C(=O)NCC(=O)N[C@@H](Cc2ccccc2)C(=O)O)c1. The van der Waals surface area contributed by atoms with Crippen LogP contribution in [0, 0.1) is 0 Å². The van der Waals surface area contributed by atoms with Crippen molar-refractivity contribution in [1.82, 2.24) is 10.6 Å². The van der Waals surface area contributed by atoms with Gasteiger partial charge in [-0.25, -0.2) is 9.79 Å². The third kappa shape index (κ3) is 6.45. The zero-order valence-electron chi connectivity index (χ0n) is 15.0. The number of nitrogens with one attached hydrogen (secondary N) is 2. The van der Waals surface area contributed by atoms with Crippen LogP contribution in [0.25, 0.3) is 0 Å². The number of amides is 2. The van der Waals surface area contributed by atoms with Gasteiger partial charge in [-0.05, 0) is 23.8 Å². The van der Waals surface area contributed by atoms with Crippen LogP contribution in [0.3, 0.4) is 0 Å². The molecule has 0 aliphatic carbocycles. The fraction of sp³-hybridized carbons (Fsp3) is 0.158. The Balaban J connectivity index is 1.92. The number of hydrogen-bond acceptors (Lipinski definition) is 4. The molecule has 9 nitrogen and oxygen atoms in total. The summed E-state index contributed by atoms with van der Waals surface area (Å²) in [6.07, 6.45) is 0.135. The van der Waals surface area contributed by atoms with E-state index in [1.807, 2.05) is 6.07 Å². The monoisotopic (exact) mass is 383 g/mol. The minimum atomic E-state index is -1.16. The Hall–Kier alpha value is -3.88. The van der Waals surface area contributed by atoms with Gasteiger partial charge in [-0.15, -0.1) is 0 Å². The molecule has 0 aromatic heterocycles. The minimum Gasteiger partial charge on any atom is -0.480 e. The third-order valence-corrected chi connectivity index (χ3v) is 3.69. The summed E-state index contributed by atoms with van der Waals surface area (Å²) >= 11 is 0. The molecule has 0 aliphatic rings. The van der Waals surface area contributed by atoms with E-state index in [1.165, 1.54) is 12.1 Å². The Bertz CT molecular complexity index is 879. The van der Waals surface area contributed by atoms with E-state index in [2.05, 4.69) is 15.6 Å². The molecule has 2 aromatic carbocycles. The number of carboxylic acids is 1. The normalized spacial score (nSPS) is 11.1. The predicted octanol–water partition coefficient (Wildman–Crippen LogP) is 0.133. The maximum absolute atomic E-state index is 12.2. The molecule has 7 N–H and O–H groups in total. The van der Waals surface area contributed by atoms with Gasteiger partial charge in [-0.3, -0.25) is 9.59 Å². The van der Waals surface area contributed by atoms with Crippen molar-refractivity contribution < 1.29 is 19.5 Å². The van der Waals surface area contributed by atoms with E-state index < -0.39 is 23.8 Å². The van der Waals surface area contributed by atoms with E-state index in [9.17, 15) is 19.5 Å². The van der Waals surface area contributed by atoms with Crippen LogP contribution >= 0.6 is 0 Å². The summed E-state index contributed by atoms with van der Waals surface area (Å²) in [5.74, 6) is -2.43. The Morgan fingerprint density at radius 2 is 1.75 bits per heavy atom. The molecule has 2 aromatic rings. The molecule has 28 heavy (non-hydrogen) atoms. The lowest BCUT2D eigenvalue weighted by Gasteiger charge is -2.15. The zero-order chi connectivity index (χ0) is 20.5. The van der Waals surface area contributed by atoms with Crippen molar-refractivity contribution in [2.75, 3.05) is 6.54 Å². The molecule has 0 spiro atoms. The Labute approximate surface area is 161 Å². The van der Waals surface area contributed by atoms with Crippen molar-refractivity contribution in [1.29, 1.82) is 0 Å². The quantitative estimate of drug-likeness (QED) is 0.322. The van der Waals surface area contributed by atoms with Crippen molar-refractivity contribution in [3.05, 3.63) is 65.7 Å². The predicted molar refractivity (Wildman–Crippen MR) is 104 cm³/mol. The van der Waals surface area contributed by atoms with Gasteiger partial charge in [0.15, 0.2) is 5.96 Å². The van der Waals surface area contributed by atoms with E-state index in [4.69, 9.17) is 11.5 Å². The summed E-state index contributed by atoms with van der Waals surface area (Å²) < 4.78 is 0. The first kappa shape index (κ1) is 20.4. The number of rotatable bonds is 8. The smallest absolute Gasteiger partial charge is 0.326 e. The largest absolute Gasteiger partial charge is 0.480 e. The van der Waals surface area contributed by atoms with Gasteiger partial charge >= 0.3 is 5.97 Å². The van der Waals surface area contributed by atoms with E-state index in [0.717, 1.165) is 5.56 Å². The van der Waals surface area contributed by atoms with Crippen LogP contribution in [0.5, 0.6) is 0 Å². The molecule has 2 amide bonds. The molecule has 0 bridgehead atoms. The minimum absolute atomic E-state index is 0.135. The molecule has 1 atom stereocenters. The lowest BCUT2D eigenvalue weighted by molar-refractivity contribution is -0.141. The highest BCUT2D eigenvalue weighted by Crippen LogP contribution is 2.13. The summed E-state index contributed by atoms with van der Waals surface area (Å²) in [6.45, 7) is -0.371. The number of carboxylic acid groups (broad SMARTS) is 1. The van der Waals surface area contributed by atoms with Crippen molar-refractivity contribution in [3.63, 3.8) is 0 Å². The van der Waals surface area contributed by atoms with Crippen LogP contribution in [0.15, 0.2) is 59.6 Å². The van der Waals surface area contributed by atoms with E-state index in [-0.39, 0.29) is 24.5 Å². The van der Waals surface area contributed by atoms with Crippen molar-refractivity contribution in [2.24, 2.45) is 16.5 Å². The van der Waals surface area contributed by atoms with E-state index >= 15 is 0 Å². The van der Waals surface area contributed by atoms with Crippen LogP contribution in [-0.4, -0.2) is 41.4 Å². The molecular formula is C19H21N5O4. The molecule has 0 aliphatic heterocycles. The van der Waals surface area contributed by atoms with Gasteiger partial charge in [-0.2, -0.15) is 0 Å². The fourth-order valence-electron chi connectivity index (χ4n) is 2.42. The zero-order valence-corrected chi connectivity index (χ0v) is 15.0. The highest BCUT2D eigenvalue weighted by Gasteiger charge is 2.20. The summed E-state index contributed by atoms with van der Waals surface area (Å²) in [7, 11) is 0. The maximum atomic E-state index is 12.2. The van der Waals surface area contributed by atoms with Crippen LogP contribution < -0.4 is 22.1 Å². The molecule has 0 saturated heterocycles. The van der Waals surface area contributed by atoms with Gasteiger partial charge in [0, 0.05) is 12.0 Å². The Morgan fingerprint density at radius 1 is 1.04 bits per heavy atom. The molecule has 9 heteroatoms. The van der Waals surface area contributed by atoms with Crippen molar-refractivity contribution >= 4 is 29.4 Å². The first-order valence-electron chi connectivity index (χ1n) is 8.39. The first-order chi connectivity index (χ1) is 13.3. The summed E-state index contributed by atoms with van der Waals surface area (Å²) in [5.41, 5.74) is 12.0. The average Bonchev–Trinajstić information content (AvgIpc) is 2.66. The number of guanidine groups is 1. The topological polar surface area (TPSA) is 160 Å². The van der Waals surface area contributed by atoms with Crippen molar-refractivity contribution in [2.45, 2.75) is 12.5 Å². The number of aliphatic imine (C=N–C) groups is 1. The average molecular weight is 383 g/mol. The summed E-state index contributed by atoms with van der Waals surface area (Å²) in [5, 5.41) is 14.1. The second kappa shape index (κ2) is 9.72. The van der Waals surface area contributed by atoms with Gasteiger partial charge in [0.2, 0.25) is 5.91 Å². The molecule has 0 unspecified atom stereocenters. The van der Waals surface area contributed by atoms with Crippen LogP contribution in [0.4, 0.5) is 5.69 Å². The van der Waals surface area contributed by atoms with Crippen molar-refractivity contribution in [3.8, 4) is 0 Å². The molecule has 2 rings (SSSR count). The number of benzene rings is 2. The fourth-order valence-corrected chi connectivity index (χ4v) is 2.42. The van der Waals surface area contributed by atoms with Gasteiger partial charge in [0.25, 0.3) is 5.91 Å². The van der Waals surface area contributed by atoms with Crippen LogP contribution in [0.2, 0.25) is 0 Å². The highest BCUT2D eigenvalue weighted by atomic mass is 16.4. The van der Waals surface area contributed by atoms with E-state index in [0.29, 0.717) is 5.69 Å². The standard InChI is InChI=1S/C19H21N5O4/c20-19(21)23-14-8-4-7-13(10-14)17(26)22-11-16(25)24-15(18(27)28)9-12-5-2-1-3-6-12/h1-8,10,15H,9,11H2,(H,22,26)(H,24,25)(H,27,28)(H4,20,21,23)/t15-/m0/s1. The van der Waals surface area contributed by atoms with E-state index in [1.54, 1.807) is 36.4 Å². The highest BCUT2D eigenvalue weighted by molar-refractivity contribution is 5.97. The lowest BCUT2D eigenvalue weighted by Crippen LogP contribution is -2.46. The Kier molecular flexibility index (Phi) is 7.09. The second-order valence-corrected chi connectivity index (χ2v) is 5.92. The second-order valence-electron chi connectivity index (χ2n) is 5.92. The molecule has 0 heterocycles. The van der Waals surface area contributed by atoms with Gasteiger partial charge in [0.05, 0.1) is 12.2 Å². The molecular weight excluding hydrogens is 362 g/mol. The number of hydrogen-bond donors (Lipinski definition) is 5. The number of carbonyl (C=O) groups excluding carboxylic acids is 2. The van der Waals surface area contributed by atoms with Gasteiger partial charge < -0.3 is 27.2 Å². The van der Waals surface area contributed by atoms with Gasteiger partial charge in [0.1, 0.15) is 6.04 Å². The van der Waals surface area contributed by atoms with Crippen LogP contribution in [-0.2, 0) is 16.0 Å². The number of carbonyl (C=O) groups is 3. The molecule has 0 radical (unpaired) electrons. The number of aliphatic carboxylic acids is 1.